The zero-order valence-corrected chi connectivity index (χ0v) is 14.2. The molecule has 3 rings (SSSR count). The number of carbonyl (C=O) groups excluding carboxylic acids is 1. The molecule has 6 heteroatoms. The maximum absolute atomic E-state index is 12.4. The maximum Gasteiger partial charge on any atom is 0.351 e. The Labute approximate surface area is 149 Å². The maximum atomic E-state index is 12.4. The number of hydrogen-bond donors (Lipinski definition) is 1. The lowest BCUT2D eigenvalue weighted by atomic mass is 10.1. The van der Waals surface area contributed by atoms with Crippen molar-refractivity contribution in [3.05, 3.63) is 82.2 Å². The largest absolute Gasteiger partial charge is 0.497 e. The van der Waals surface area contributed by atoms with Gasteiger partial charge in [-0.3, -0.25) is 0 Å². The monoisotopic (exact) mass is 351 g/mol. The summed E-state index contributed by atoms with van der Waals surface area (Å²) in [5.74, 6) is -0.0104. The predicted molar refractivity (Wildman–Crippen MR) is 97.8 cm³/mol. The average molecular weight is 351 g/mol. The molecule has 0 aliphatic rings. The number of carbonyl (C=O) groups is 1. The zero-order chi connectivity index (χ0) is 18.7. The summed E-state index contributed by atoms with van der Waals surface area (Å²) in [7, 11) is 1.52. The lowest BCUT2D eigenvalue weighted by molar-refractivity contribution is 0.0730. The molecular formula is C20H17NO5. The Kier molecular flexibility index (Phi) is 4.86. The number of methoxy groups -OCH3 is 1. The molecule has 0 fully saturated rings. The third-order valence-electron chi connectivity index (χ3n) is 3.89. The number of rotatable bonds is 5. The molecule has 0 spiro atoms. The number of nitrogens with two attached hydrogens (primary N) is 1. The lowest BCUT2D eigenvalue weighted by Crippen LogP contribution is -2.18. The first-order chi connectivity index (χ1) is 12.5. The Hall–Kier alpha value is -3.38. The van der Waals surface area contributed by atoms with Crippen LogP contribution in [0.5, 0.6) is 5.75 Å². The number of ether oxygens (including phenoxy) is 2. The van der Waals surface area contributed by atoms with E-state index in [9.17, 15) is 9.59 Å². The van der Waals surface area contributed by atoms with Crippen molar-refractivity contribution in [3.63, 3.8) is 0 Å². The molecular weight excluding hydrogens is 334 g/mol. The van der Waals surface area contributed by atoms with Gasteiger partial charge in [0.15, 0.2) is 0 Å². The second kappa shape index (κ2) is 7.25. The van der Waals surface area contributed by atoms with E-state index in [1.807, 2.05) is 0 Å². The summed E-state index contributed by atoms with van der Waals surface area (Å²) in [6.45, 7) is 4.08. The van der Waals surface area contributed by atoms with E-state index in [-0.39, 0.29) is 11.3 Å². The molecule has 0 atom stereocenters. The molecule has 6 nitrogen and oxygen atoms in total. The molecule has 0 unspecified atom stereocenters. The van der Waals surface area contributed by atoms with Crippen LogP contribution in [0.2, 0.25) is 0 Å². The van der Waals surface area contributed by atoms with Crippen LogP contribution in [-0.2, 0) is 11.3 Å². The summed E-state index contributed by atoms with van der Waals surface area (Å²) in [6, 6.07) is 13.2. The van der Waals surface area contributed by atoms with Crippen LogP contribution in [0.1, 0.15) is 21.5 Å². The van der Waals surface area contributed by atoms with E-state index >= 15 is 0 Å². The molecule has 0 aliphatic carbocycles. The Morgan fingerprint density at radius 3 is 2.54 bits per heavy atom. The topological polar surface area (TPSA) is 91.8 Å². The van der Waals surface area contributed by atoms with Gasteiger partial charge in [-0.05, 0) is 48.0 Å². The van der Waals surface area contributed by atoms with E-state index in [2.05, 4.69) is 6.58 Å². The first kappa shape index (κ1) is 17.4. The van der Waals surface area contributed by atoms with Gasteiger partial charge in [-0.2, -0.15) is 0 Å². The van der Waals surface area contributed by atoms with Crippen LogP contribution in [0.15, 0.2) is 64.3 Å². The quantitative estimate of drug-likeness (QED) is 0.329. The molecule has 2 aromatic carbocycles. The van der Waals surface area contributed by atoms with Gasteiger partial charge in [0.1, 0.15) is 22.7 Å². The summed E-state index contributed by atoms with van der Waals surface area (Å²) in [5, 5.41) is 0.603. The number of fused-ring (bicyclic) bond motifs is 1. The smallest absolute Gasteiger partial charge is 0.351 e. The van der Waals surface area contributed by atoms with Crippen molar-refractivity contribution in [3.8, 4) is 5.75 Å². The Balaban J connectivity index is 1.88. The first-order valence-corrected chi connectivity index (χ1v) is 7.84. The van der Waals surface area contributed by atoms with E-state index in [4.69, 9.17) is 19.6 Å². The van der Waals surface area contributed by atoms with Gasteiger partial charge in [0, 0.05) is 17.5 Å². The fourth-order valence-electron chi connectivity index (χ4n) is 2.43. The van der Waals surface area contributed by atoms with Gasteiger partial charge in [-0.25, -0.2) is 9.59 Å². The third-order valence-corrected chi connectivity index (χ3v) is 3.89. The van der Waals surface area contributed by atoms with Crippen LogP contribution >= 0.6 is 0 Å². The minimum Gasteiger partial charge on any atom is -0.497 e. The van der Waals surface area contributed by atoms with E-state index in [1.165, 1.54) is 13.2 Å². The molecule has 0 aliphatic heterocycles. The summed E-state index contributed by atoms with van der Waals surface area (Å²) in [6.07, 6.45) is 0. The molecule has 132 valence electrons. The minimum absolute atomic E-state index is 0.183. The minimum atomic E-state index is -0.794. The van der Waals surface area contributed by atoms with E-state index in [1.54, 1.807) is 42.5 Å². The second-order valence-corrected chi connectivity index (χ2v) is 5.57. The molecule has 0 radical (unpaired) electrons. The van der Waals surface area contributed by atoms with Crippen molar-refractivity contribution >= 4 is 22.7 Å². The van der Waals surface area contributed by atoms with Gasteiger partial charge in [-0.1, -0.05) is 12.6 Å². The number of hydrogen-bond acceptors (Lipinski definition) is 6. The SMILES string of the molecule is C=C(OC)c1ccc(OC(=O)c2cc3cc(CN)ccc3oc2=O)cc1. The van der Waals surface area contributed by atoms with Crippen molar-refractivity contribution in [1.82, 2.24) is 0 Å². The fraction of sp³-hybridized carbons (Fsp3) is 0.100. The highest BCUT2D eigenvalue weighted by Crippen LogP contribution is 2.20. The normalized spacial score (nSPS) is 10.5. The van der Waals surface area contributed by atoms with Gasteiger partial charge in [0.25, 0.3) is 0 Å². The highest BCUT2D eigenvalue weighted by Gasteiger charge is 2.16. The van der Waals surface area contributed by atoms with E-state index < -0.39 is 11.6 Å². The molecule has 1 aromatic heterocycles. The van der Waals surface area contributed by atoms with Crippen LogP contribution < -0.4 is 16.1 Å². The molecule has 3 aromatic rings. The Morgan fingerprint density at radius 1 is 1.15 bits per heavy atom. The van der Waals surface area contributed by atoms with Crippen molar-refractivity contribution < 1.29 is 18.7 Å². The summed E-state index contributed by atoms with van der Waals surface area (Å²) in [4.78, 5) is 24.4. The van der Waals surface area contributed by atoms with Crippen LogP contribution in [0.4, 0.5) is 0 Å². The van der Waals surface area contributed by atoms with Gasteiger partial charge in [0.2, 0.25) is 0 Å². The highest BCUT2D eigenvalue weighted by molar-refractivity contribution is 5.94. The van der Waals surface area contributed by atoms with E-state index in [0.717, 1.165) is 11.1 Å². The van der Waals surface area contributed by atoms with Crippen LogP contribution in [0.25, 0.3) is 16.7 Å². The highest BCUT2D eigenvalue weighted by atomic mass is 16.5. The molecule has 2 N–H and O–H groups in total. The molecule has 0 saturated carbocycles. The number of esters is 1. The van der Waals surface area contributed by atoms with Crippen molar-refractivity contribution in [2.75, 3.05) is 7.11 Å². The summed E-state index contributed by atoms with van der Waals surface area (Å²) in [5.41, 5.74) is 6.67. The van der Waals surface area contributed by atoms with Crippen molar-refractivity contribution in [2.24, 2.45) is 5.73 Å². The lowest BCUT2D eigenvalue weighted by Gasteiger charge is -2.07. The van der Waals surface area contributed by atoms with Gasteiger partial charge < -0.3 is 19.6 Å². The van der Waals surface area contributed by atoms with Gasteiger partial charge >= 0.3 is 11.6 Å². The average Bonchev–Trinajstić information content (AvgIpc) is 2.67. The third kappa shape index (κ3) is 3.50. The van der Waals surface area contributed by atoms with Gasteiger partial charge in [-0.15, -0.1) is 0 Å². The van der Waals surface area contributed by atoms with Crippen molar-refractivity contribution in [1.29, 1.82) is 0 Å². The van der Waals surface area contributed by atoms with Crippen LogP contribution in [0, 0.1) is 0 Å². The van der Waals surface area contributed by atoms with Crippen molar-refractivity contribution in [2.45, 2.75) is 6.54 Å². The molecule has 26 heavy (non-hydrogen) atoms. The standard InChI is InChI=1S/C20H17NO5/c1-12(24-2)14-4-6-16(7-5-14)25-19(22)17-10-15-9-13(11-21)3-8-18(15)26-20(17)23/h3-10H,1,11,21H2,2H3. The second-order valence-electron chi connectivity index (χ2n) is 5.57. The van der Waals surface area contributed by atoms with Crippen LogP contribution in [-0.4, -0.2) is 13.1 Å². The predicted octanol–water partition coefficient (Wildman–Crippen LogP) is 3.09. The van der Waals surface area contributed by atoms with Crippen LogP contribution in [0.3, 0.4) is 0 Å². The molecule has 1 heterocycles. The molecule has 0 amide bonds. The molecule has 0 saturated heterocycles. The Morgan fingerprint density at radius 2 is 1.88 bits per heavy atom. The molecule has 0 bridgehead atoms. The Bertz CT molecular complexity index is 1030. The van der Waals surface area contributed by atoms with E-state index in [0.29, 0.717) is 23.3 Å². The first-order valence-electron chi connectivity index (χ1n) is 7.84. The number of benzene rings is 2. The van der Waals surface area contributed by atoms with Gasteiger partial charge in [0.05, 0.1) is 7.11 Å². The summed E-state index contributed by atoms with van der Waals surface area (Å²) < 4.78 is 15.5. The fourth-order valence-corrected chi connectivity index (χ4v) is 2.43. The zero-order valence-electron chi connectivity index (χ0n) is 14.2. The summed E-state index contributed by atoms with van der Waals surface area (Å²) >= 11 is 0.